The van der Waals surface area contributed by atoms with Gasteiger partial charge in [-0.3, -0.25) is 4.98 Å². The summed E-state index contributed by atoms with van der Waals surface area (Å²) >= 11 is 11.7. The van der Waals surface area contributed by atoms with E-state index in [1.54, 1.807) is 24.4 Å². The van der Waals surface area contributed by atoms with E-state index in [0.717, 1.165) is 0 Å². The van der Waals surface area contributed by atoms with Gasteiger partial charge in [0.1, 0.15) is 6.61 Å². The van der Waals surface area contributed by atoms with E-state index in [9.17, 15) is 4.79 Å². The second-order valence-corrected chi connectivity index (χ2v) is 4.59. The molecule has 1 aromatic heterocycles. The minimum atomic E-state index is -0.490. The van der Waals surface area contributed by atoms with E-state index >= 15 is 0 Å². The van der Waals surface area contributed by atoms with Crippen LogP contribution in [-0.4, -0.2) is 11.0 Å². The van der Waals surface area contributed by atoms with Crippen LogP contribution in [0, 0.1) is 0 Å². The molecule has 0 unspecified atom stereocenters. The van der Waals surface area contributed by atoms with E-state index in [1.165, 1.54) is 12.3 Å². The highest BCUT2D eigenvalue weighted by atomic mass is 35.5. The molecule has 0 fully saturated rings. The van der Waals surface area contributed by atoms with Crippen LogP contribution in [0.5, 0.6) is 0 Å². The largest absolute Gasteiger partial charge is 0.457 e. The van der Waals surface area contributed by atoms with Crippen LogP contribution in [0.4, 0.5) is 5.69 Å². The molecule has 0 bridgehead atoms. The maximum atomic E-state index is 11.8. The number of hydrogen-bond acceptors (Lipinski definition) is 4. The molecule has 0 atom stereocenters. The molecule has 0 saturated heterocycles. The van der Waals surface area contributed by atoms with Crippen LogP contribution < -0.4 is 5.73 Å². The van der Waals surface area contributed by atoms with Gasteiger partial charge in [0.05, 0.1) is 21.3 Å². The third-order valence-corrected chi connectivity index (χ3v) is 3.13. The summed E-state index contributed by atoms with van der Waals surface area (Å²) in [6.07, 6.45) is 3.07. The Labute approximate surface area is 120 Å². The van der Waals surface area contributed by atoms with Crippen LogP contribution in [0.15, 0.2) is 36.7 Å². The second-order valence-electron chi connectivity index (χ2n) is 3.78. The molecule has 0 aliphatic heterocycles. The van der Waals surface area contributed by atoms with Crippen LogP contribution >= 0.6 is 23.2 Å². The van der Waals surface area contributed by atoms with Crippen molar-refractivity contribution in [1.82, 2.24) is 4.98 Å². The summed E-state index contributed by atoms with van der Waals surface area (Å²) in [4.78, 5) is 15.7. The third kappa shape index (κ3) is 3.36. The van der Waals surface area contributed by atoms with Crippen molar-refractivity contribution in [2.75, 3.05) is 5.73 Å². The molecule has 4 nitrogen and oxygen atoms in total. The molecule has 2 aromatic rings. The summed E-state index contributed by atoms with van der Waals surface area (Å²) in [6.45, 7) is 0.0721. The number of pyridine rings is 1. The van der Waals surface area contributed by atoms with Gasteiger partial charge in [0.25, 0.3) is 0 Å². The highest BCUT2D eigenvalue weighted by molar-refractivity contribution is 6.33. The number of halogens is 2. The fourth-order valence-corrected chi connectivity index (χ4v) is 1.71. The first-order valence-electron chi connectivity index (χ1n) is 5.38. The Morgan fingerprint density at radius 2 is 2.05 bits per heavy atom. The molecule has 1 aromatic carbocycles. The lowest BCUT2D eigenvalue weighted by molar-refractivity contribution is 0.0473. The van der Waals surface area contributed by atoms with Gasteiger partial charge < -0.3 is 10.5 Å². The Balaban J connectivity index is 2.05. The molecule has 0 spiro atoms. The zero-order valence-electron chi connectivity index (χ0n) is 9.77. The van der Waals surface area contributed by atoms with Gasteiger partial charge in [0, 0.05) is 18.0 Å². The maximum Gasteiger partial charge on any atom is 0.338 e. The average Bonchev–Trinajstić information content (AvgIpc) is 2.40. The summed E-state index contributed by atoms with van der Waals surface area (Å²) in [5.41, 5.74) is 6.98. The molecule has 0 amide bonds. The van der Waals surface area contributed by atoms with Crippen molar-refractivity contribution in [1.29, 1.82) is 0 Å². The molecular formula is C13H10Cl2N2O2. The Kier molecular flexibility index (Phi) is 4.24. The van der Waals surface area contributed by atoms with E-state index in [1.807, 2.05) is 0 Å². The van der Waals surface area contributed by atoms with Crippen molar-refractivity contribution in [2.45, 2.75) is 6.61 Å². The summed E-state index contributed by atoms with van der Waals surface area (Å²) < 4.78 is 5.14. The smallest absolute Gasteiger partial charge is 0.338 e. The number of nitrogens with two attached hydrogens (primary N) is 1. The number of esters is 1. The van der Waals surface area contributed by atoms with E-state index < -0.39 is 5.97 Å². The van der Waals surface area contributed by atoms with Crippen LogP contribution in [-0.2, 0) is 11.3 Å². The average molecular weight is 297 g/mol. The van der Waals surface area contributed by atoms with E-state index in [2.05, 4.69) is 4.98 Å². The van der Waals surface area contributed by atoms with Gasteiger partial charge in [-0.1, -0.05) is 23.2 Å². The Morgan fingerprint density at radius 3 is 2.74 bits per heavy atom. The van der Waals surface area contributed by atoms with Gasteiger partial charge in [0.2, 0.25) is 0 Å². The first-order valence-corrected chi connectivity index (χ1v) is 6.14. The van der Waals surface area contributed by atoms with E-state index in [0.29, 0.717) is 26.9 Å². The molecule has 0 radical (unpaired) electrons. The summed E-state index contributed by atoms with van der Waals surface area (Å²) in [5, 5.41) is 0.847. The molecule has 19 heavy (non-hydrogen) atoms. The number of carbonyl (C=O) groups excluding carboxylic acids is 1. The number of carbonyl (C=O) groups is 1. The monoisotopic (exact) mass is 296 g/mol. The van der Waals surface area contributed by atoms with Gasteiger partial charge in [-0.25, -0.2) is 4.79 Å². The summed E-state index contributed by atoms with van der Waals surface area (Å²) in [6, 6.07) is 6.26. The Hall–Kier alpha value is -1.78. The summed E-state index contributed by atoms with van der Waals surface area (Å²) in [5.74, 6) is -0.490. The quantitative estimate of drug-likeness (QED) is 0.697. The lowest BCUT2D eigenvalue weighted by Gasteiger charge is -2.07. The number of nitrogens with zero attached hydrogens (tertiary/aromatic N) is 1. The van der Waals surface area contributed by atoms with Crippen molar-refractivity contribution < 1.29 is 9.53 Å². The number of rotatable bonds is 3. The molecule has 2 N–H and O–H groups in total. The van der Waals surface area contributed by atoms with Crippen molar-refractivity contribution >= 4 is 34.9 Å². The number of aromatic nitrogens is 1. The van der Waals surface area contributed by atoms with Crippen LogP contribution in [0.25, 0.3) is 0 Å². The van der Waals surface area contributed by atoms with Crippen LogP contribution in [0.2, 0.25) is 10.0 Å². The van der Waals surface area contributed by atoms with E-state index in [4.69, 9.17) is 33.7 Å². The zero-order chi connectivity index (χ0) is 13.8. The van der Waals surface area contributed by atoms with Crippen molar-refractivity contribution in [3.05, 3.63) is 57.8 Å². The topological polar surface area (TPSA) is 65.2 Å². The SMILES string of the molecule is Nc1cc(C(=O)OCc2ccncc2Cl)ccc1Cl. The number of anilines is 1. The normalized spacial score (nSPS) is 10.2. The first-order chi connectivity index (χ1) is 9.08. The highest BCUT2D eigenvalue weighted by Gasteiger charge is 2.10. The standard InChI is InChI=1S/C13H10Cl2N2O2/c14-10-2-1-8(5-12(10)16)13(18)19-7-9-3-4-17-6-11(9)15/h1-6H,7,16H2. The number of hydrogen-bond donors (Lipinski definition) is 1. The fourth-order valence-electron chi connectivity index (χ4n) is 1.42. The molecule has 1 heterocycles. The van der Waals surface area contributed by atoms with Crippen LogP contribution in [0.1, 0.15) is 15.9 Å². The Morgan fingerprint density at radius 1 is 1.26 bits per heavy atom. The maximum absolute atomic E-state index is 11.8. The number of nitrogen functional groups attached to an aromatic ring is 1. The van der Waals surface area contributed by atoms with Gasteiger partial charge in [-0.2, -0.15) is 0 Å². The second kappa shape index (κ2) is 5.91. The van der Waals surface area contributed by atoms with Crippen molar-refractivity contribution in [3.8, 4) is 0 Å². The first kappa shape index (κ1) is 13.6. The van der Waals surface area contributed by atoms with Crippen LogP contribution in [0.3, 0.4) is 0 Å². The molecule has 0 aliphatic carbocycles. The highest BCUT2D eigenvalue weighted by Crippen LogP contribution is 2.20. The molecule has 0 aliphatic rings. The summed E-state index contributed by atoms with van der Waals surface area (Å²) in [7, 11) is 0. The van der Waals surface area contributed by atoms with Gasteiger partial charge in [-0.05, 0) is 24.3 Å². The fraction of sp³-hybridized carbons (Fsp3) is 0.0769. The lowest BCUT2D eigenvalue weighted by atomic mass is 10.2. The number of benzene rings is 1. The molecule has 6 heteroatoms. The molecule has 2 rings (SSSR count). The predicted octanol–water partition coefficient (Wildman–Crippen LogP) is 3.33. The van der Waals surface area contributed by atoms with Crippen molar-refractivity contribution in [3.63, 3.8) is 0 Å². The number of ether oxygens (including phenoxy) is 1. The van der Waals surface area contributed by atoms with Crippen molar-refractivity contribution in [2.24, 2.45) is 0 Å². The molecular weight excluding hydrogens is 287 g/mol. The predicted molar refractivity (Wildman–Crippen MR) is 74.2 cm³/mol. The molecule has 98 valence electrons. The Bertz CT molecular complexity index is 617. The minimum Gasteiger partial charge on any atom is -0.457 e. The van der Waals surface area contributed by atoms with Gasteiger partial charge in [0.15, 0.2) is 0 Å². The third-order valence-electron chi connectivity index (χ3n) is 2.45. The molecule has 0 saturated carbocycles. The zero-order valence-corrected chi connectivity index (χ0v) is 11.3. The van der Waals surface area contributed by atoms with Gasteiger partial charge in [-0.15, -0.1) is 0 Å². The lowest BCUT2D eigenvalue weighted by Crippen LogP contribution is -2.06. The van der Waals surface area contributed by atoms with Gasteiger partial charge >= 0.3 is 5.97 Å². The van der Waals surface area contributed by atoms with E-state index in [-0.39, 0.29) is 6.61 Å². The minimum absolute atomic E-state index is 0.0721.